The molecule has 1 unspecified atom stereocenters. The van der Waals surface area contributed by atoms with Crippen LogP contribution in [0.2, 0.25) is 0 Å². The molecule has 0 spiro atoms. The molecule has 0 aliphatic heterocycles. The van der Waals surface area contributed by atoms with Crippen LogP contribution in [0.15, 0.2) is 0 Å². The summed E-state index contributed by atoms with van der Waals surface area (Å²) in [5, 5.41) is 0. The highest BCUT2D eigenvalue weighted by molar-refractivity contribution is 9.10. The molecule has 0 aliphatic carbocycles. The van der Waals surface area contributed by atoms with E-state index in [1.54, 1.807) is 0 Å². The van der Waals surface area contributed by atoms with Gasteiger partial charge in [0, 0.05) is 13.3 Å². The number of alkyl halides is 2. The van der Waals surface area contributed by atoms with E-state index in [4.69, 9.17) is 11.6 Å². The van der Waals surface area contributed by atoms with Crippen molar-refractivity contribution < 1.29 is 9.53 Å². The minimum atomic E-state index is -0.264. The number of esters is 1. The molecule has 0 fully saturated rings. The molecule has 9 heavy (non-hydrogen) atoms. The van der Waals surface area contributed by atoms with Crippen molar-refractivity contribution in [1.29, 1.82) is 0 Å². The summed E-state index contributed by atoms with van der Waals surface area (Å²) < 4.78 is 4.50. The first-order valence-corrected chi connectivity index (χ1v) is 3.89. The van der Waals surface area contributed by atoms with Crippen molar-refractivity contribution in [3.63, 3.8) is 0 Å². The van der Waals surface area contributed by atoms with Crippen molar-refractivity contribution in [3.05, 3.63) is 0 Å². The smallest absolute Gasteiger partial charge is 0.302 e. The molecule has 0 aliphatic rings. The van der Waals surface area contributed by atoms with Crippen LogP contribution >= 0.6 is 27.5 Å². The predicted octanol–water partition coefficient (Wildman–Crippen LogP) is 1.90. The number of halogens is 2. The molecule has 0 aromatic carbocycles. The topological polar surface area (TPSA) is 26.3 Å². The van der Waals surface area contributed by atoms with Gasteiger partial charge in [-0.1, -0.05) is 15.9 Å². The molecule has 2 nitrogen and oxygen atoms in total. The first-order chi connectivity index (χ1) is 4.13. The Balaban J connectivity index is 3.01. The first kappa shape index (κ1) is 9.24. The number of carbonyl (C=O) groups excluding carboxylic acids is 1. The molecule has 0 radical (unpaired) electrons. The molecule has 0 aromatic rings. The second-order valence-electron chi connectivity index (χ2n) is 1.52. The van der Waals surface area contributed by atoms with Crippen LogP contribution in [0, 0.1) is 0 Å². The maximum Gasteiger partial charge on any atom is 0.302 e. The van der Waals surface area contributed by atoms with Crippen LogP contribution in [0.4, 0.5) is 0 Å². The monoisotopic (exact) mass is 214 g/mol. The Labute approximate surface area is 67.6 Å². The van der Waals surface area contributed by atoms with Gasteiger partial charge in [-0.05, 0) is 0 Å². The standard InChI is InChI=1S/C5H8BrClO2/c1-4(8)9-3-2-5(6)7/h5H,2-3H2,1H3. The average Bonchev–Trinajstić information content (AvgIpc) is 1.63. The lowest BCUT2D eigenvalue weighted by atomic mass is 10.5. The van der Waals surface area contributed by atoms with E-state index in [1.807, 2.05) is 0 Å². The van der Waals surface area contributed by atoms with E-state index in [9.17, 15) is 4.79 Å². The number of hydrogen-bond donors (Lipinski definition) is 0. The minimum absolute atomic E-state index is 0.100. The van der Waals surface area contributed by atoms with E-state index in [0.29, 0.717) is 13.0 Å². The van der Waals surface area contributed by atoms with E-state index >= 15 is 0 Å². The summed E-state index contributed by atoms with van der Waals surface area (Å²) >= 11 is 8.59. The Bertz CT molecular complexity index is 95.0. The zero-order chi connectivity index (χ0) is 7.28. The highest BCUT2D eigenvalue weighted by Crippen LogP contribution is 2.08. The van der Waals surface area contributed by atoms with Gasteiger partial charge in [-0.2, -0.15) is 0 Å². The molecular formula is C5H8BrClO2. The number of ether oxygens (including phenoxy) is 1. The molecule has 0 bridgehead atoms. The maximum atomic E-state index is 10.1. The van der Waals surface area contributed by atoms with Crippen molar-refractivity contribution in [3.8, 4) is 0 Å². The minimum Gasteiger partial charge on any atom is -0.466 e. The molecule has 0 aromatic heterocycles. The van der Waals surface area contributed by atoms with Crippen LogP contribution in [0.5, 0.6) is 0 Å². The molecule has 0 amide bonds. The third-order valence-electron chi connectivity index (χ3n) is 0.641. The summed E-state index contributed by atoms with van der Waals surface area (Å²) in [5.41, 5.74) is 0. The lowest BCUT2D eigenvalue weighted by Gasteiger charge is -2.00. The van der Waals surface area contributed by atoms with Gasteiger partial charge >= 0.3 is 5.97 Å². The van der Waals surface area contributed by atoms with Gasteiger partial charge in [-0.15, -0.1) is 11.6 Å². The lowest BCUT2D eigenvalue weighted by Crippen LogP contribution is -2.02. The van der Waals surface area contributed by atoms with Gasteiger partial charge < -0.3 is 4.74 Å². The van der Waals surface area contributed by atoms with Crippen LogP contribution in [0.1, 0.15) is 13.3 Å². The zero-order valence-electron chi connectivity index (χ0n) is 5.06. The van der Waals surface area contributed by atoms with E-state index in [-0.39, 0.29) is 10.3 Å². The van der Waals surface area contributed by atoms with Crippen molar-refractivity contribution in [2.75, 3.05) is 6.61 Å². The summed E-state index contributed by atoms with van der Waals surface area (Å²) in [5.74, 6) is -0.264. The van der Waals surface area contributed by atoms with E-state index in [1.165, 1.54) is 6.92 Å². The SMILES string of the molecule is CC(=O)OCCC(Cl)Br. The lowest BCUT2D eigenvalue weighted by molar-refractivity contribution is -0.140. The Morgan fingerprint density at radius 2 is 2.44 bits per heavy atom. The molecular weight excluding hydrogens is 207 g/mol. The van der Waals surface area contributed by atoms with E-state index < -0.39 is 0 Å². The quantitative estimate of drug-likeness (QED) is 0.531. The van der Waals surface area contributed by atoms with Gasteiger partial charge in [0.2, 0.25) is 0 Å². The summed E-state index contributed by atoms with van der Waals surface area (Å²) in [7, 11) is 0. The number of hydrogen-bond acceptors (Lipinski definition) is 2. The van der Waals surface area contributed by atoms with Gasteiger partial charge in [0.15, 0.2) is 0 Å². The Morgan fingerprint density at radius 3 is 2.78 bits per heavy atom. The van der Waals surface area contributed by atoms with E-state index in [2.05, 4.69) is 20.7 Å². The summed E-state index contributed by atoms with van der Waals surface area (Å²) in [6.07, 6.45) is 0.640. The van der Waals surface area contributed by atoms with Gasteiger partial charge in [0.1, 0.15) is 0 Å². The summed E-state index contributed by atoms with van der Waals surface area (Å²) in [4.78, 5) is 10.1. The fourth-order valence-corrected chi connectivity index (χ4v) is 0.568. The fraction of sp³-hybridized carbons (Fsp3) is 0.800. The molecule has 1 atom stereocenters. The maximum absolute atomic E-state index is 10.1. The highest BCUT2D eigenvalue weighted by atomic mass is 79.9. The first-order valence-electron chi connectivity index (χ1n) is 2.54. The second kappa shape index (κ2) is 5.06. The fourth-order valence-electron chi connectivity index (χ4n) is 0.292. The largest absolute Gasteiger partial charge is 0.466 e. The molecule has 0 saturated carbocycles. The van der Waals surface area contributed by atoms with Gasteiger partial charge in [0.05, 0.1) is 10.9 Å². The molecule has 54 valence electrons. The second-order valence-corrected chi connectivity index (χ2v) is 3.68. The van der Waals surface area contributed by atoms with Crippen LogP contribution in [-0.2, 0) is 9.53 Å². The van der Waals surface area contributed by atoms with Crippen LogP contribution < -0.4 is 0 Å². The Hall–Kier alpha value is 0.240. The summed E-state index contributed by atoms with van der Waals surface area (Å²) in [6.45, 7) is 1.76. The molecule has 0 saturated heterocycles. The van der Waals surface area contributed by atoms with Gasteiger partial charge in [0.25, 0.3) is 0 Å². The molecule has 0 heterocycles. The average molecular weight is 215 g/mol. The van der Waals surface area contributed by atoms with Crippen LogP contribution in [-0.4, -0.2) is 16.9 Å². The van der Waals surface area contributed by atoms with Crippen molar-refractivity contribution >= 4 is 33.5 Å². The van der Waals surface area contributed by atoms with Crippen LogP contribution in [0.3, 0.4) is 0 Å². The van der Waals surface area contributed by atoms with Crippen molar-refractivity contribution in [1.82, 2.24) is 0 Å². The highest BCUT2D eigenvalue weighted by Gasteiger charge is 1.98. The van der Waals surface area contributed by atoms with Crippen molar-refractivity contribution in [2.24, 2.45) is 0 Å². The third kappa shape index (κ3) is 8.24. The van der Waals surface area contributed by atoms with Crippen LogP contribution in [0.25, 0.3) is 0 Å². The number of rotatable bonds is 3. The Morgan fingerprint density at radius 1 is 1.89 bits per heavy atom. The molecule has 0 N–H and O–H groups in total. The number of carbonyl (C=O) groups is 1. The Kier molecular flexibility index (Phi) is 5.19. The summed E-state index contributed by atoms with van der Waals surface area (Å²) in [6, 6.07) is 0. The van der Waals surface area contributed by atoms with E-state index in [0.717, 1.165) is 0 Å². The van der Waals surface area contributed by atoms with Gasteiger partial charge in [-0.25, -0.2) is 0 Å². The van der Waals surface area contributed by atoms with Crippen molar-refractivity contribution in [2.45, 2.75) is 17.6 Å². The molecule has 0 rings (SSSR count). The third-order valence-corrected chi connectivity index (χ3v) is 1.32. The molecule has 4 heteroatoms. The predicted molar refractivity (Wildman–Crippen MR) is 39.8 cm³/mol. The zero-order valence-corrected chi connectivity index (χ0v) is 7.41. The normalized spacial score (nSPS) is 12.8. The van der Waals surface area contributed by atoms with Gasteiger partial charge in [-0.3, -0.25) is 4.79 Å².